The van der Waals surface area contributed by atoms with Gasteiger partial charge in [0.1, 0.15) is 11.5 Å². The number of fused-ring (bicyclic) bond motifs is 3. The number of halogens is 2. The third kappa shape index (κ3) is 6.27. The summed E-state index contributed by atoms with van der Waals surface area (Å²) in [6.07, 6.45) is 3.71. The van der Waals surface area contributed by atoms with Crippen LogP contribution in [-0.4, -0.2) is 93.2 Å². The van der Waals surface area contributed by atoms with Gasteiger partial charge >= 0.3 is 0 Å². The number of ether oxygens (including phenoxy) is 1. The van der Waals surface area contributed by atoms with Gasteiger partial charge in [0.05, 0.1) is 42.7 Å². The predicted octanol–water partition coefficient (Wildman–Crippen LogP) is 4.12. The van der Waals surface area contributed by atoms with Gasteiger partial charge in [-0.3, -0.25) is 24.2 Å². The minimum Gasteiger partial charge on any atom is -0.378 e. The Balaban J connectivity index is 1.07. The number of nitrogens with one attached hydrogen (secondary N) is 2. The van der Waals surface area contributed by atoms with Crippen LogP contribution < -0.4 is 26.0 Å². The topological polar surface area (TPSA) is 130 Å². The molecule has 0 spiro atoms. The molecule has 3 aliphatic heterocycles. The summed E-state index contributed by atoms with van der Waals surface area (Å²) in [5, 5.41) is 6.12. The molecule has 15 heteroatoms. The zero-order chi connectivity index (χ0) is 37.2. The van der Waals surface area contributed by atoms with Gasteiger partial charge in [-0.25, -0.2) is 18.7 Å². The molecule has 2 N–H and O–H groups in total. The van der Waals surface area contributed by atoms with Crippen molar-refractivity contribution in [2.75, 3.05) is 59.8 Å². The van der Waals surface area contributed by atoms with Gasteiger partial charge in [0.15, 0.2) is 5.82 Å². The maximum Gasteiger partial charge on any atom is 0.293 e. The van der Waals surface area contributed by atoms with E-state index in [9.17, 15) is 23.2 Å². The first-order chi connectivity index (χ1) is 25.4. The van der Waals surface area contributed by atoms with Crippen LogP contribution in [0.2, 0.25) is 0 Å². The Morgan fingerprint density at radius 3 is 2.64 bits per heavy atom. The molecule has 6 heterocycles. The second kappa shape index (κ2) is 13.2. The molecule has 4 aromatic rings. The van der Waals surface area contributed by atoms with Crippen molar-refractivity contribution >= 4 is 40.5 Å². The van der Waals surface area contributed by atoms with Crippen LogP contribution >= 0.6 is 0 Å². The van der Waals surface area contributed by atoms with Crippen molar-refractivity contribution in [3.05, 3.63) is 88.2 Å². The highest BCUT2D eigenvalue weighted by Crippen LogP contribution is 2.39. The Labute approximate surface area is 304 Å². The molecule has 0 radical (unpaired) electrons. The molecule has 1 atom stereocenters. The number of nitrogens with zero attached hydrogens (tertiary/aromatic N) is 7. The lowest BCUT2D eigenvalue weighted by atomic mass is 10.1. The monoisotopic (exact) mass is 725 g/mol. The van der Waals surface area contributed by atoms with E-state index in [-0.39, 0.29) is 48.6 Å². The number of hydrogen-bond acceptors (Lipinski definition) is 9. The molecule has 2 amide bonds. The van der Waals surface area contributed by atoms with Crippen LogP contribution in [0.15, 0.2) is 60.2 Å². The molecule has 2 fully saturated rings. The van der Waals surface area contributed by atoms with Crippen molar-refractivity contribution in [3.63, 3.8) is 0 Å². The van der Waals surface area contributed by atoms with Crippen molar-refractivity contribution < 1.29 is 23.1 Å². The molecule has 8 rings (SSSR count). The van der Waals surface area contributed by atoms with E-state index >= 15 is 0 Å². The summed E-state index contributed by atoms with van der Waals surface area (Å²) in [5.41, 5.74) is 4.87. The smallest absolute Gasteiger partial charge is 0.293 e. The van der Waals surface area contributed by atoms with Gasteiger partial charge in [0, 0.05) is 87.1 Å². The lowest BCUT2D eigenvalue weighted by molar-refractivity contribution is -0.111. The number of rotatable bonds is 8. The number of carbonyl (C=O) groups is 2. The number of piperazine rings is 1. The number of aromatic nitrogens is 4. The number of pyridine rings is 1. The predicted molar refractivity (Wildman–Crippen MR) is 197 cm³/mol. The quantitative estimate of drug-likeness (QED) is 0.258. The molecule has 4 aliphatic rings. The molecule has 1 aromatic carbocycles. The Kier molecular flexibility index (Phi) is 8.65. The van der Waals surface area contributed by atoms with E-state index in [1.807, 2.05) is 19.1 Å². The Morgan fingerprint density at radius 2 is 1.91 bits per heavy atom. The van der Waals surface area contributed by atoms with Crippen LogP contribution in [-0.2, 0) is 36.0 Å². The first-order valence-electron chi connectivity index (χ1n) is 17.8. The Morgan fingerprint density at radius 1 is 1.09 bits per heavy atom. The summed E-state index contributed by atoms with van der Waals surface area (Å²) < 4.78 is 36.7. The van der Waals surface area contributed by atoms with Gasteiger partial charge in [-0.15, -0.1) is 0 Å². The SMILES string of the molecule is C=CC(=O)Nc1cc(Nc2nc(-c3ccnc(N4CCn5c(cc6c5CC(F)(F)C6)C4=O)c3C)cn(C)c2=O)ccc1N1CCN(C2COC2)C[C@@H]1C. The van der Waals surface area contributed by atoms with Gasteiger partial charge in [-0.05, 0) is 55.8 Å². The van der Waals surface area contributed by atoms with E-state index in [0.717, 1.165) is 38.5 Å². The minimum atomic E-state index is -2.79. The third-order valence-corrected chi connectivity index (χ3v) is 10.8. The highest BCUT2D eigenvalue weighted by Gasteiger charge is 2.43. The number of hydrogen-bond donors (Lipinski definition) is 2. The molecule has 13 nitrogen and oxygen atoms in total. The average Bonchev–Trinajstić information content (AvgIpc) is 3.59. The highest BCUT2D eigenvalue weighted by atomic mass is 19.3. The van der Waals surface area contributed by atoms with E-state index in [2.05, 4.69) is 38.9 Å². The average molecular weight is 726 g/mol. The van der Waals surface area contributed by atoms with E-state index in [1.54, 1.807) is 47.1 Å². The molecule has 1 aliphatic carbocycles. The summed E-state index contributed by atoms with van der Waals surface area (Å²) in [4.78, 5) is 55.3. The number of alkyl halides is 2. The fourth-order valence-corrected chi connectivity index (χ4v) is 7.95. The first-order valence-corrected chi connectivity index (χ1v) is 17.8. The van der Waals surface area contributed by atoms with Gasteiger partial charge in [-0.1, -0.05) is 6.58 Å². The Bertz CT molecular complexity index is 2210. The van der Waals surface area contributed by atoms with Gasteiger partial charge < -0.3 is 29.4 Å². The van der Waals surface area contributed by atoms with Gasteiger partial charge in [0.2, 0.25) is 5.91 Å². The zero-order valence-corrected chi connectivity index (χ0v) is 29.9. The van der Waals surface area contributed by atoms with Crippen molar-refractivity contribution in [1.82, 2.24) is 24.0 Å². The molecule has 0 unspecified atom stereocenters. The van der Waals surface area contributed by atoms with Crippen molar-refractivity contribution in [2.24, 2.45) is 7.05 Å². The first kappa shape index (κ1) is 34.7. The summed E-state index contributed by atoms with van der Waals surface area (Å²) >= 11 is 0. The van der Waals surface area contributed by atoms with Crippen LogP contribution in [0.1, 0.15) is 34.2 Å². The molecule has 3 aromatic heterocycles. The van der Waals surface area contributed by atoms with Gasteiger partial charge in [0.25, 0.3) is 17.4 Å². The zero-order valence-electron chi connectivity index (χ0n) is 29.9. The number of aryl methyl sites for hydroxylation is 1. The third-order valence-electron chi connectivity index (χ3n) is 10.8. The van der Waals surface area contributed by atoms with Gasteiger partial charge in [-0.2, -0.15) is 0 Å². The van der Waals surface area contributed by atoms with Crippen molar-refractivity contribution in [3.8, 4) is 11.3 Å². The molecule has 53 heavy (non-hydrogen) atoms. The van der Waals surface area contributed by atoms with Crippen LogP contribution in [0.4, 0.5) is 37.5 Å². The highest BCUT2D eigenvalue weighted by molar-refractivity contribution is 6.06. The minimum absolute atomic E-state index is 0.0689. The molecule has 276 valence electrons. The largest absolute Gasteiger partial charge is 0.378 e. The number of benzene rings is 1. The summed E-state index contributed by atoms with van der Waals surface area (Å²) in [6, 6.07) is 9.56. The second-order valence-electron chi connectivity index (χ2n) is 14.3. The van der Waals surface area contributed by atoms with Crippen molar-refractivity contribution in [2.45, 2.75) is 51.2 Å². The van der Waals surface area contributed by atoms with E-state index in [1.165, 1.54) is 10.6 Å². The number of anilines is 5. The number of carbonyl (C=O) groups excluding carboxylic acids is 2. The van der Waals surface area contributed by atoms with Crippen LogP contribution in [0, 0.1) is 6.92 Å². The molecule has 2 saturated heterocycles. The summed E-state index contributed by atoms with van der Waals surface area (Å²) in [7, 11) is 1.64. The lowest BCUT2D eigenvalue weighted by Gasteiger charge is -2.46. The molecular formula is C38H41F2N9O4. The standard InChI is InChI=1S/C38H41F2N9O4/c1-5-33(50)43-28-15-25(6-7-30(28)47-11-10-46(18-22(47)2)26-20-53-21-26)42-34-37(52)45(4)19-29(44-34)27-8-9-41-35(23(27)3)49-13-12-48-31(36(49)51)14-24-16-38(39,40)17-32(24)48/h5-9,14-15,19,22,26H,1,10-13,16-18,20-21H2,2-4H3,(H,42,44)(H,43,50)/t22-/m0/s1. The summed E-state index contributed by atoms with van der Waals surface area (Å²) in [5.74, 6) is -2.94. The van der Waals surface area contributed by atoms with Crippen LogP contribution in [0.25, 0.3) is 11.3 Å². The van der Waals surface area contributed by atoms with Crippen LogP contribution in [0.3, 0.4) is 0 Å². The van der Waals surface area contributed by atoms with E-state index in [0.29, 0.717) is 63.6 Å². The maximum absolute atomic E-state index is 14.1. The fourth-order valence-electron chi connectivity index (χ4n) is 7.95. The molecular weight excluding hydrogens is 684 g/mol. The Hall–Kier alpha value is -5.41. The van der Waals surface area contributed by atoms with Crippen LogP contribution in [0.5, 0.6) is 0 Å². The molecule has 0 bridgehead atoms. The van der Waals surface area contributed by atoms with E-state index < -0.39 is 5.92 Å². The molecule has 0 saturated carbocycles. The maximum atomic E-state index is 14.1. The fraction of sp³-hybridized carbons (Fsp3) is 0.395. The van der Waals surface area contributed by atoms with Crippen molar-refractivity contribution in [1.29, 1.82) is 0 Å². The second-order valence-corrected chi connectivity index (χ2v) is 14.3. The summed E-state index contributed by atoms with van der Waals surface area (Å²) in [6.45, 7) is 12.3. The number of amides is 2. The normalized spacial score (nSPS) is 19.8. The lowest BCUT2D eigenvalue weighted by Crippen LogP contribution is -2.59. The van der Waals surface area contributed by atoms with E-state index in [4.69, 9.17) is 9.72 Å².